The van der Waals surface area contributed by atoms with Crippen LogP contribution in [0.15, 0.2) is 53.4 Å². The molecule has 2 aromatic carbocycles. The second-order valence-corrected chi connectivity index (χ2v) is 7.46. The molecule has 1 N–H and O–H groups in total. The lowest BCUT2D eigenvalue weighted by Crippen LogP contribution is -2.48. The Kier molecular flexibility index (Phi) is 4.27. The zero-order chi connectivity index (χ0) is 18.2. The minimum absolute atomic E-state index is 0.00533. The quantitative estimate of drug-likeness (QED) is 0.654. The van der Waals surface area contributed by atoms with Crippen LogP contribution < -0.4 is 0 Å². The second kappa shape index (κ2) is 6.26. The lowest BCUT2D eigenvalue weighted by molar-refractivity contribution is -0.387. The standard InChI is InChI=1S/C16H14N2O6S/c19-16(20)14-9-11-5-1-2-6-12(11)10-17(14)25(23,24)15-8-4-3-7-13(15)18(21)22/h1-8,14H,9-10H2,(H,19,20)/t14-/m0/s1. The first-order valence-corrected chi connectivity index (χ1v) is 8.81. The van der Waals surface area contributed by atoms with Crippen LogP contribution >= 0.6 is 0 Å². The number of para-hydroxylation sites is 1. The first kappa shape index (κ1) is 17.1. The molecule has 0 aliphatic carbocycles. The zero-order valence-electron chi connectivity index (χ0n) is 12.9. The van der Waals surface area contributed by atoms with Crippen LogP contribution in [0.2, 0.25) is 0 Å². The van der Waals surface area contributed by atoms with Crippen LogP contribution in [-0.2, 0) is 27.8 Å². The van der Waals surface area contributed by atoms with E-state index in [4.69, 9.17) is 0 Å². The molecular formula is C16H14N2O6S. The van der Waals surface area contributed by atoms with Crippen LogP contribution in [-0.4, -0.2) is 34.8 Å². The number of aliphatic carboxylic acids is 1. The Morgan fingerprint density at radius 3 is 2.36 bits per heavy atom. The number of carbonyl (C=O) groups is 1. The van der Waals surface area contributed by atoms with Gasteiger partial charge in [0, 0.05) is 19.0 Å². The van der Waals surface area contributed by atoms with Crippen LogP contribution in [0.3, 0.4) is 0 Å². The fourth-order valence-electron chi connectivity index (χ4n) is 2.91. The number of nitro benzene ring substituents is 1. The van der Waals surface area contributed by atoms with Gasteiger partial charge in [-0.2, -0.15) is 4.31 Å². The van der Waals surface area contributed by atoms with Crippen molar-refractivity contribution in [2.75, 3.05) is 0 Å². The van der Waals surface area contributed by atoms with Crippen molar-refractivity contribution in [3.8, 4) is 0 Å². The van der Waals surface area contributed by atoms with Gasteiger partial charge in [0.15, 0.2) is 4.90 Å². The molecule has 9 heteroatoms. The third kappa shape index (κ3) is 2.99. The summed E-state index contributed by atoms with van der Waals surface area (Å²) in [6, 6.07) is 10.6. The van der Waals surface area contributed by atoms with Gasteiger partial charge in [0.25, 0.3) is 15.7 Å². The average molecular weight is 362 g/mol. The van der Waals surface area contributed by atoms with Crippen molar-refractivity contribution in [3.05, 3.63) is 69.8 Å². The third-order valence-electron chi connectivity index (χ3n) is 4.14. The summed E-state index contributed by atoms with van der Waals surface area (Å²) in [5, 5.41) is 20.7. The molecule has 1 atom stereocenters. The first-order valence-electron chi connectivity index (χ1n) is 7.37. The number of nitrogens with zero attached hydrogens (tertiary/aromatic N) is 2. The molecule has 0 amide bonds. The molecule has 2 aromatic rings. The predicted octanol–water partition coefficient (Wildman–Crippen LogP) is 1.79. The number of benzene rings is 2. The Morgan fingerprint density at radius 2 is 1.72 bits per heavy atom. The molecule has 1 aliphatic rings. The summed E-state index contributed by atoms with van der Waals surface area (Å²) in [4.78, 5) is 21.5. The Morgan fingerprint density at radius 1 is 1.12 bits per heavy atom. The zero-order valence-corrected chi connectivity index (χ0v) is 13.7. The smallest absolute Gasteiger partial charge is 0.322 e. The molecular weight excluding hydrogens is 348 g/mol. The van der Waals surface area contributed by atoms with Crippen molar-refractivity contribution >= 4 is 21.7 Å². The van der Waals surface area contributed by atoms with E-state index in [1.807, 2.05) is 0 Å². The van der Waals surface area contributed by atoms with Gasteiger partial charge in [0.2, 0.25) is 0 Å². The molecule has 3 rings (SSSR count). The van der Waals surface area contributed by atoms with Crippen LogP contribution in [0.4, 0.5) is 5.69 Å². The van der Waals surface area contributed by atoms with Gasteiger partial charge in [-0.3, -0.25) is 14.9 Å². The Hall–Kier alpha value is -2.78. The number of fused-ring (bicyclic) bond motifs is 1. The first-order chi connectivity index (χ1) is 11.8. The summed E-state index contributed by atoms with van der Waals surface area (Å²) in [5.74, 6) is -1.29. The van der Waals surface area contributed by atoms with Gasteiger partial charge >= 0.3 is 5.97 Å². The maximum atomic E-state index is 13.0. The lowest BCUT2D eigenvalue weighted by atomic mass is 9.96. The largest absolute Gasteiger partial charge is 0.480 e. The number of sulfonamides is 1. The number of hydrogen-bond acceptors (Lipinski definition) is 5. The molecule has 1 heterocycles. The molecule has 0 saturated carbocycles. The van der Waals surface area contributed by atoms with Crippen molar-refractivity contribution in [3.63, 3.8) is 0 Å². The molecule has 25 heavy (non-hydrogen) atoms. The number of hydrogen-bond donors (Lipinski definition) is 1. The summed E-state index contributed by atoms with van der Waals surface area (Å²) >= 11 is 0. The monoisotopic (exact) mass is 362 g/mol. The molecule has 0 fully saturated rings. The van der Waals surface area contributed by atoms with Crippen molar-refractivity contribution in [2.45, 2.75) is 23.9 Å². The molecule has 0 spiro atoms. The number of carboxylic acid groups (broad SMARTS) is 1. The van der Waals surface area contributed by atoms with E-state index in [1.54, 1.807) is 24.3 Å². The summed E-state index contributed by atoms with van der Waals surface area (Å²) in [5.41, 5.74) is 0.858. The Balaban J connectivity index is 2.13. The van der Waals surface area contributed by atoms with E-state index >= 15 is 0 Å². The van der Waals surface area contributed by atoms with Crippen LogP contribution in [0, 0.1) is 10.1 Å². The van der Waals surface area contributed by atoms with Gasteiger partial charge in [-0.05, 0) is 17.2 Å². The molecule has 0 unspecified atom stereocenters. The number of rotatable bonds is 4. The highest BCUT2D eigenvalue weighted by Gasteiger charge is 2.41. The van der Waals surface area contributed by atoms with E-state index in [9.17, 15) is 28.4 Å². The number of carboxylic acids is 1. The van der Waals surface area contributed by atoms with Gasteiger partial charge in [0.1, 0.15) is 6.04 Å². The maximum absolute atomic E-state index is 13.0. The highest BCUT2D eigenvalue weighted by molar-refractivity contribution is 7.89. The van der Waals surface area contributed by atoms with E-state index in [2.05, 4.69) is 0 Å². The SMILES string of the molecule is O=C(O)[C@@H]1Cc2ccccc2CN1S(=O)(=O)c1ccccc1[N+](=O)[O-]. The lowest BCUT2D eigenvalue weighted by Gasteiger charge is -2.33. The van der Waals surface area contributed by atoms with E-state index in [0.717, 1.165) is 22.0 Å². The van der Waals surface area contributed by atoms with E-state index < -0.39 is 37.5 Å². The van der Waals surface area contributed by atoms with Crippen LogP contribution in [0.5, 0.6) is 0 Å². The van der Waals surface area contributed by atoms with E-state index in [1.165, 1.54) is 12.1 Å². The highest BCUT2D eigenvalue weighted by atomic mass is 32.2. The van der Waals surface area contributed by atoms with Gasteiger partial charge in [0.05, 0.1) is 4.92 Å². The van der Waals surface area contributed by atoms with Crippen LogP contribution in [0.25, 0.3) is 0 Å². The molecule has 1 aliphatic heterocycles. The molecule has 0 aromatic heterocycles. The average Bonchev–Trinajstić information content (AvgIpc) is 2.60. The molecule has 130 valence electrons. The Bertz CT molecular complexity index is 957. The minimum Gasteiger partial charge on any atom is -0.480 e. The van der Waals surface area contributed by atoms with Gasteiger partial charge in [-0.25, -0.2) is 8.42 Å². The summed E-state index contributed by atoms with van der Waals surface area (Å²) < 4.78 is 26.8. The summed E-state index contributed by atoms with van der Waals surface area (Å²) in [6.07, 6.45) is 0.00533. The fourth-order valence-corrected chi connectivity index (χ4v) is 4.63. The Labute approximate surface area is 143 Å². The van der Waals surface area contributed by atoms with Crippen molar-refractivity contribution < 1.29 is 23.2 Å². The predicted molar refractivity (Wildman–Crippen MR) is 87.4 cm³/mol. The fraction of sp³-hybridized carbons (Fsp3) is 0.188. The topological polar surface area (TPSA) is 118 Å². The van der Waals surface area contributed by atoms with Crippen molar-refractivity contribution in [1.82, 2.24) is 4.31 Å². The van der Waals surface area contributed by atoms with E-state index in [0.29, 0.717) is 5.56 Å². The maximum Gasteiger partial charge on any atom is 0.322 e. The summed E-state index contributed by atoms with van der Waals surface area (Å²) in [7, 11) is -4.36. The van der Waals surface area contributed by atoms with E-state index in [-0.39, 0.29) is 13.0 Å². The third-order valence-corrected chi connectivity index (χ3v) is 6.04. The normalized spacial score (nSPS) is 17.7. The number of nitro groups is 1. The van der Waals surface area contributed by atoms with Gasteiger partial charge in [-0.1, -0.05) is 36.4 Å². The second-order valence-electron chi connectivity index (χ2n) is 5.60. The highest BCUT2D eigenvalue weighted by Crippen LogP contribution is 2.32. The van der Waals surface area contributed by atoms with Gasteiger partial charge < -0.3 is 5.11 Å². The van der Waals surface area contributed by atoms with Gasteiger partial charge in [-0.15, -0.1) is 0 Å². The minimum atomic E-state index is -4.36. The summed E-state index contributed by atoms with van der Waals surface area (Å²) in [6.45, 7) is -0.151. The van der Waals surface area contributed by atoms with Crippen LogP contribution in [0.1, 0.15) is 11.1 Å². The molecule has 0 bridgehead atoms. The van der Waals surface area contributed by atoms with Crippen molar-refractivity contribution in [2.24, 2.45) is 0 Å². The van der Waals surface area contributed by atoms with Crippen molar-refractivity contribution in [1.29, 1.82) is 0 Å². The molecule has 0 saturated heterocycles. The molecule has 8 nitrogen and oxygen atoms in total. The molecule has 0 radical (unpaired) electrons.